The lowest BCUT2D eigenvalue weighted by molar-refractivity contribution is 0.618. The average Bonchev–Trinajstić information content (AvgIpc) is 2.10. The lowest BCUT2D eigenvalue weighted by Crippen LogP contribution is -2.26. The summed E-state index contributed by atoms with van der Waals surface area (Å²) in [6.07, 6.45) is 1.71. The van der Waals surface area contributed by atoms with Gasteiger partial charge in [0.1, 0.15) is 0 Å². The monoisotopic (exact) mass is 154 g/mol. The molecule has 0 radical (unpaired) electrons. The summed E-state index contributed by atoms with van der Waals surface area (Å²) in [6, 6.07) is 0. The van der Waals surface area contributed by atoms with E-state index in [2.05, 4.69) is 36.3 Å². The van der Waals surface area contributed by atoms with E-state index < -0.39 is 0 Å². The van der Waals surface area contributed by atoms with Gasteiger partial charge in [0.2, 0.25) is 0 Å². The number of hydrogen-bond acceptors (Lipinski definition) is 3. The van der Waals surface area contributed by atoms with E-state index >= 15 is 0 Å². The third-order valence-corrected chi connectivity index (χ3v) is 1.10. The Hall–Kier alpha value is -1.06. The topological polar surface area (TPSA) is 42.7 Å². The number of hydrogen-bond donors (Lipinski definition) is 1. The minimum atomic E-state index is 0.0516. The van der Waals surface area contributed by atoms with Crippen molar-refractivity contribution in [1.82, 2.24) is 15.0 Å². The van der Waals surface area contributed by atoms with Crippen molar-refractivity contribution in [2.75, 3.05) is 5.32 Å². The molecule has 1 N–H and O–H groups in total. The van der Waals surface area contributed by atoms with E-state index in [1.807, 2.05) is 0 Å². The number of nitrogens with one attached hydrogen (secondary N) is 1. The molecular formula is C7H14N4. The van der Waals surface area contributed by atoms with Crippen molar-refractivity contribution < 1.29 is 0 Å². The van der Waals surface area contributed by atoms with Crippen LogP contribution in [-0.4, -0.2) is 20.5 Å². The van der Waals surface area contributed by atoms with E-state index in [9.17, 15) is 0 Å². The van der Waals surface area contributed by atoms with E-state index in [1.54, 1.807) is 13.2 Å². The van der Waals surface area contributed by atoms with Crippen molar-refractivity contribution in [2.45, 2.75) is 26.3 Å². The smallest absolute Gasteiger partial charge is 0.168 e. The highest BCUT2D eigenvalue weighted by Gasteiger charge is 2.10. The zero-order chi connectivity index (χ0) is 8.48. The molecule has 0 aliphatic rings. The van der Waals surface area contributed by atoms with Gasteiger partial charge in [-0.05, 0) is 20.8 Å². The summed E-state index contributed by atoms with van der Waals surface area (Å²) < 4.78 is 0. The third kappa shape index (κ3) is 2.57. The Bertz CT molecular complexity index is 233. The standard InChI is InChI=1S/C7H14N4/c1-7(2,3)9-6-5-8-11(4)10-6/h5H,1-4H3,(H,9,10). The van der Waals surface area contributed by atoms with E-state index in [0.717, 1.165) is 5.82 Å². The number of nitrogens with zero attached hydrogens (tertiary/aromatic N) is 3. The maximum absolute atomic E-state index is 4.09. The van der Waals surface area contributed by atoms with Crippen molar-refractivity contribution in [3.8, 4) is 0 Å². The van der Waals surface area contributed by atoms with Crippen molar-refractivity contribution in [2.24, 2.45) is 7.05 Å². The van der Waals surface area contributed by atoms with Crippen LogP contribution in [0.2, 0.25) is 0 Å². The molecule has 1 rings (SSSR count). The summed E-state index contributed by atoms with van der Waals surface area (Å²) in [6.45, 7) is 6.26. The minimum Gasteiger partial charge on any atom is -0.363 e. The van der Waals surface area contributed by atoms with Gasteiger partial charge in [-0.1, -0.05) is 0 Å². The van der Waals surface area contributed by atoms with E-state index in [1.165, 1.54) is 4.80 Å². The molecule has 0 saturated heterocycles. The predicted molar refractivity (Wildman–Crippen MR) is 44.4 cm³/mol. The molecule has 0 atom stereocenters. The molecule has 0 unspecified atom stereocenters. The molecule has 62 valence electrons. The fraction of sp³-hybridized carbons (Fsp3) is 0.714. The maximum Gasteiger partial charge on any atom is 0.168 e. The first-order chi connectivity index (χ1) is 4.97. The van der Waals surface area contributed by atoms with Crippen LogP contribution in [0.5, 0.6) is 0 Å². The maximum atomic E-state index is 4.09. The van der Waals surface area contributed by atoms with E-state index in [-0.39, 0.29) is 5.54 Å². The van der Waals surface area contributed by atoms with Crippen LogP contribution in [0, 0.1) is 0 Å². The molecular weight excluding hydrogens is 140 g/mol. The fourth-order valence-corrected chi connectivity index (χ4v) is 0.787. The van der Waals surface area contributed by atoms with Crippen LogP contribution in [-0.2, 0) is 7.05 Å². The predicted octanol–water partition coefficient (Wildman–Crippen LogP) is 1.03. The molecule has 0 spiro atoms. The SMILES string of the molecule is Cn1ncc(NC(C)(C)C)n1. The number of rotatable bonds is 1. The molecule has 0 aromatic carbocycles. The molecule has 4 nitrogen and oxygen atoms in total. The van der Waals surface area contributed by atoms with Crippen molar-refractivity contribution in [3.05, 3.63) is 6.20 Å². The minimum absolute atomic E-state index is 0.0516. The van der Waals surface area contributed by atoms with Crippen LogP contribution >= 0.6 is 0 Å². The number of aromatic nitrogens is 3. The molecule has 0 aliphatic carbocycles. The summed E-state index contributed by atoms with van der Waals surface area (Å²) in [7, 11) is 1.80. The van der Waals surface area contributed by atoms with Crippen LogP contribution in [0.15, 0.2) is 6.20 Å². The molecule has 11 heavy (non-hydrogen) atoms. The third-order valence-electron chi connectivity index (χ3n) is 1.10. The first-order valence-electron chi connectivity index (χ1n) is 3.62. The van der Waals surface area contributed by atoms with Crippen LogP contribution in [0.25, 0.3) is 0 Å². The molecule has 1 heterocycles. The molecule has 1 aromatic heterocycles. The Morgan fingerprint density at radius 1 is 1.45 bits per heavy atom. The average molecular weight is 154 g/mol. The Morgan fingerprint density at radius 2 is 2.09 bits per heavy atom. The molecule has 1 aromatic rings. The van der Waals surface area contributed by atoms with Crippen LogP contribution in [0.3, 0.4) is 0 Å². The summed E-state index contributed by atoms with van der Waals surface area (Å²) >= 11 is 0. The van der Waals surface area contributed by atoms with Gasteiger partial charge >= 0.3 is 0 Å². The second kappa shape index (κ2) is 2.53. The highest BCUT2D eigenvalue weighted by atomic mass is 15.5. The van der Waals surface area contributed by atoms with Crippen molar-refractivity contribution in [1.29, 1.82) is 0 Å². The van der Waals surface area contributed by atoms with Gasteiger partial charge < -0.3 is 5.32 Å². The van der Waals surface area contributed by atoms with Gasteiger partial charge in [0.15, 0.2) is 5.82 Å². The number of anilines is 1. The van der Waals surface area contributed by atoms with E-state index in [0.29, 0.717) is 0 Å². The first kappa shape index (κ1) is 8.04. The van der Waals surface area contributed by atoms with Gasteiger partial charge in [0, 0.05) is 12.6 Å². The molecule has 0 fully saturated rings. The summed E-state index contributed by atoms with van der Waals surface area (Å²) in [5.74, 6) is 0.819. The Balaban J connectivity index is 2.65. The lowest BCUT2D eigenvalue weighted by atomic mass is 10.1. The molecule has 0 bridgehead atoms. The van der Waals surface area contributed by atoms with Crippen LogP contribution in [0.1, 0.15) is 20.8 Å². The van der Waals surface area contributed by atoms with Crippen LogP contribution in [0.4, 0.5) is 5.82 Å². The largest absolute Gasteiger partial charge is 0.363 e. The Labute approximate surface area is 66.6 Å². The van der Waals surface area contributed by atoms with Crippen molar-refractivity contribution >= 4 is 5.82 Å². The molecule has 0 amide bonds. The van der Waals surface area contributed by atoms with Crippen molar-refractivity contribution in [3.63, 3.8) is 0 Å². The number of aryl methyl sites for hydroxylation is 1. The van der Waals surface area contributed by atoms with Crippen LogP contribution < -0.4 is 5.32 Å². The zero-order valence-electron chi connectivity index (χ0n) is 7.42. The quantitative estimate of drug-likeness (QED) is 0.656. The Morgan fingerprint density at radius 3 is 2.45 bits per heavy atom. The molecule has 4 heteroatoms. The van der Waals surface area contributed by atoms with E-state index in [4.69, 9.17) is 0 Å². The van der Waals surface area contributed by atoms with Gasteiger partial charge in [0.25, 0.3) is 0 Å². The highest BCUT2D eigenvalue weighted by molar-refractivity contribution is 5.32. The Kier molecular flexibility index (Phi) is 1.85. The highest BCUT2D eigenvalue weighted by Crippen LogP contribution is 2.09. The van der Waals surface area contributed by atoms with Gasteiger partial charge in [-0.2, -0.15) is 9.90 Å². The summed E-state index contributed by atoms with van der Waals surface area (Å²) in [5, 5.41) is 11.2. The molecule has 0 aliphatic heterocycles. The van der Waals surface area contributed by atoms with Gasteiger partial charge in [-0.25, -0.2) is 0 Å². The lowest BCUT2D eigenvalue weighted by Gasteiger charge is -2.19. The van der Waals surface area contributed by atoms with Gasteiger partial charge in [0.05, 0.1) is 6.20 Å². The molecule has 0 saturated carbocycles. The zero-order valence-corrected chi connectivity index (χ0v) is 7.42. The summed E-state index contributed by atoms with van der Waals surface area (Å²) in [5.41, 5.74) is 0.0516. The normalized spacial score (nSPS) is 11.6. The first-order valence-corrected chi connectivity index (χ1v) is 3.62. The summed E-state index contributed by atoms with van der Waals surface area (Å²) in [4.78, 5) is 1.54. The van der Waals surface area contributed by atoms with Gasteiger partial charge in [-0.15, -0.1) is 5.10 Å². The second-order valence-corrected chi connectivity index (χ2v) is 3.59. The fourth-order valence-electron chi connectivity index (χ4n) is 0.787. The van der Waals surface area contributed by atoms with Gasteiger partial charge in [-0.3, -0.25) is 0 Å². The second-order valence-electron chi connectivity index (χ2n) is 3.59.